The molecule has 0 atom stereocenters. The Hall–Kier alpha value is -1.88. The fourth-order valence-corrected chi connectivity index (χ4v) is 3.33. The number of carbonyl (C=O) groups is 1. The van der Waals surface area contributed by atoms with Gasteiger partial charge in [0.1, 0.15) is 5.82 Å². The number of hydrogen-bond donors (Lipinski definition) is 2. The molecule has 0 aliphatic heterocycles. The molecule has 0 saturated heterocycles. The minimum absolute atomic E-state index is 0.169. The van der Waals surface area contributed by atoms with Crippen molar-refractivity contribution >= 4 is 33.3 Å². The number of pyridine rings is 1. The van der Waals surface area contributed by atoms with E-state index >= 15 is 0 Å². The normalized spacial score (nSPS) is 15.2. The van der Waals surface area contributed by atoms with Gasteiger partial charge in [0, 0.05) is 10.5 Å². The van der Waals surface area contributed by atoms with Crippen LogP contribution in [0.25, 0.3) is 0 Å². The van der Waals surface area contributed by atoms with Crippen LogP contribution in [-0.4, -0.2) is 16.9 Å². The summed E-state index contributed by atoms with van der Waals surface area (Å²) in [5, 5.41) is 6.34. The quantitative estimate of drug-likeness (QED) is 0.805. The summed E-state index contributed by atoms with van der Waals surface area (Å²) >= 11 is 3.39. The molecule has 2 aromatic rings. The number of hydrogen-bond acceptors (Lipinski definition) is 3. The highest BCUT2D eigenvalue weighted by Gasteiger charge is 2.13. The molecule has 1 aliphatic rings. The lowest BCUT2D eigenvalue weighted by molar-refractivity contribution is 0.102. The number of nitrogens with zero attached hydrogens (tertiary/aromatic N) is 1. The van der Waals surface area contributed by atoms with Crippen LogP contribution in [0, 0.1) is 0 Å². The second-order valence-corrected chi connectivity index (χ2v) is 6.70. The molecule has 0 radical (unpaired) electrons. The van der Waals surface area contributed by atoms with Crippen LogP contribution in [0.1, 0.15) is 42.5 Å². The van der Waals surface area contributed by atoms with E-state index in [1.807, 2.05) is 30.3 Å². The maximum absolute atomic E-state index is 12.2. The minimum Gasteiger partial charge on any atom is -0.381 e. The van der Waals surface area contributed by atoms with E-state index in [9.17, 15) is 4.79 Å². The SMILES string of the molecule is O=C(Nc1ccc(NC2CCCCC2)cn1)c1ccccc1Br. The Labute approximate surface area is 144 Å². The van der Waals surface area contributed by atoms with Crippen molar-refractivity contribution in [2.75, 3.05) is 10.6 Å². The van der Waals surface area contributed by atoms with Crippen LogP contribution >= 0.6 is 15.9 Å². The van der Waals surface area contributed by atoms with Gasteiger partial charge in [0.15, 0.2) is 0 Å². The average Bonchev–Trinajstić information content (AvgIpc) is 2.58. The standard InChI is InChI=1S/C18H20BrN3O/c19-16-9-5-4-8-15(16)18(23)22-17-11-10-14(12-20-17)21-13-6-2-1-3-7-13/h4-5,8-13,21H,1-3,6-7H2,(H,20,22,23). The van der Waals surface area contributed by atoms with Gasteiger partial charge in [-0.1, -0.05) is 31.4 Å². The van der Waals surface area contributed by atoms with Crippen LogP contribution in [0.15, 0.2) is 47.1 Å². The maximum atomic E-state index is 12.2. The van der Waals surface area contributed by atoms with Crippen molar-refractivity contribution in [1.29, 1.82) is 0 Å². The van der Waals surface area contributed by atoms with Crippen molar-refractivity contribution in [2.45, 2.75) is 38.1 Å². The molecule has 4 nitrogen and oxygen atoms in total. The summed E-state index contributed by atoms with van der Waals surface area (Å²) in [5.41, 5.74) is 1.61. The Morgan fingerprint density at radius 2 is 1.87 bits per heavy atom. The second kappa shape index (κ2) is 7.59. The zero-order chi connectivity index (χ0) is 16.1. The van der Waals surface area contributed by atoms with E-state index in [1.165, 1.54) is 32.1 Å². The van der Waals surface area contributed by atoms with E-state index in [0.29, 0.717) is 17.4 Å². The van der Waals surface area contributed by atoms with Gasteiger partial charge in [0.2, 0.25) is 0 Å². The zero-order valence-electron chi connectivity index (χ0n) is 12.9. The van der Waals surface area contributed by atoms with Gasteiger partial charge in [-0.05, 0) is 53.0 Å². The van der Waals surface area contributed by atoms with Gasteiger partial charge < -0.3 is 10.6 Å². The fourth-order valence-electron chi connectivity index (χ4n) is 2.86. The topological polar surface area (TPSA) is 54.0 Å². The molecule has 1 amide bonds. The first kappa shape index (κ1) is 16.0. The summed E-state index contributed by atoms with van der Waals surface area (Å²) < 4.78 is 0.771. The third-order valence-corrected chi connectivity index (χ3v) is 4.79. The Bertz CT molecular complexity index is 666. The molecule has 1 aliphatic carbocycles. The lowest BCUT2D eigenvalue weighted by atomic mass is 9.95. The third-order valence-electron chi connectivity index (χ3n) is 4.10. The Balaban J connectivity index is 1.61. The number of rotatable bonds is 4. The summed E-state index contributed by atoms with van der Waals surface area (Å²) in [4.78, 5) is 16.6. The number of benzene rings is 1. The van der Waals surface area contributed by atoms with Gasteiger partial charge in [0.25, 0.3) is 5.91 Å². The summed E-state index contributed by atoms with van der Waals surface area (Å²) in [6.07, 6.45) is 8.16. The number of aromatic nitrogens is 1. The van der Waals surface area contributed by atoms with E-state index in [2.05, 4.69) is 31.5 Å². The summed E-state index contributed by atoms with van der Waals surface area (Å²) in [6, 6.07) is 11.7. The number of anilines is 2. The Kier molecular flexibility index (Phi) is 5.28. The van der Waals surface area contributed by atoms with E-state index in [-0.39, 0.29) is 5.91 Å². The van der Waals surface area contributed by atoms with E-state index < -0.39 is 0 Å². The van der Waals surface area contributed by atoms with Gasteiger partial charge in [-0.25, -0.2) is 4.98 Å². The minimum atomic E-state index is -0.169. The van der Waals surface area contributed by atoms with Crippen molar-refractivity contribution in [3.63, 3.8) is 0 Å². The summed E-state index contributed by atoms with van der Waals surface area (Å²) in [5.74, 6) is 0.387. The van der Waals surface area contributed by atoms with Crippen molar-refractivity contribution in [2.24, 2.45) is 0 Å². The number of amides is 1. The highest BCUT2D eigenvalue weighted by Crippen LogP contribution is 2.22. The molecule has 2 N–H and O–H groups in total. The summed E-state index contributed by atoms with van der Waals surface area (Å²) in [7, 11) is 0. The van der Waals surface area contributed by atoms with E-state index in [0.717, 1.165) is 10.2 Å². The largest absolute Gasteiger partial charge is 0.381 e. The number of nitrogens with one attached hydrogen (secondary N) is 2. The molecule has 120 valence electrons. The van der Waals surface area contributed by atoms with Crippen LogP contribution in [0.2, 0.25) is 0 Å². The Morgan fingerprint density at radius 1 is 1.09 bits per heavy atom. The van der Waals surface area contributed by atoms with Gasteiger partial charge in [-0.15, -0.1) is 0 Å². The second-order valence-electron chi connectivity index (χ2n) is 5.85. The number of halogens is 1. The fraction of sp³-hybridized carbons (Fsp3) is 0.333. The highest BCUT2D eigenvalue weighted by atomic mass is 79.9. The van der Waals surface area contributed by atoms with Crippen molar-refractivity contribution in [3.05, 3.63) is 52.6 Å². The predicted octanol–water partition coefficient (Wildman–Crippen LogP) is 4.84. The highest BCUT2D eigenvalue weighted by molar-refractivity contribution is 9.10. The molecule has 5 heteroatoms. The summed E-state index contributed by atoms with van der Waals surface area (Å²) in [6.45, 7) is 0. The first-order valence-corrected chi connectivity index (χ1v) is 8.80. The third kappa shape index (κ3) is 4.32. The van der Waals surface area contributed by atoms with Crippen LogP contribution in [-0.2, 0) is 0 Å². The van der Waals surface area contributed by atoms with E-state index in [1.54, 1.807) is 12.3 Å². The lowest BCUT2D eigenvalue weighted by Crippen LogP contribution is -2.22. The maximum Gasteiger partial charge on any atom is 0.257 e. The van der Waals surface area contributed by atoms with E-state index in [4.69, 9.17) is 0 Å². The van der Waals surface area contributed by atoms with Crippen molar-refractivity contribution in [3.8, 4) is 0 Å². The average molecular weight is 374 g/mol. The lowest BCUT2D eigenvalue weighted by Gasteiger charge is -2.23. The molecular weight excluding hydrogens is 354 g/mol. The molecule has 1 fully saturated rings. The first-order valence-electron chi connectivity index (χ1n) is 8.01. The molecular formula is C18H20BrN3O. The van der Waals surface area contributed by atoms with Gasteiger partial charge >= 0.3 is 0 Å². The molecule has 1 aromatic heterocycles. The van der Waals surface area contributed by atoms with Gasteiger partial charge in [-0.2, -0.15) is 0 Å². The van der Waals surface area contributed by atoms with Crippen LogP contribution in [0.5, 0.6) is 0 Å². The van der Waals surface area contributed by atoms with Crippen molar-refractivity contribution < 1.29 is 4.79 Å². The van der Waals surface area contributed by atoms with Crippen LogP contribution in [0.4, 0.5) is 11.5 Å². The molecule has 23 heavy (non-hydrogen) atoms. The zero-order valence-corrected chi connectivity index (χ0v) is 14.5. The molecule has 0 bridgehead atoms. The molecule has 3 rings (SSSR count). The molecule has 1 aromatic carbocycles. The number of carbonyl (C=O) groups excluding carboxylic acids is 1. The van der Waals surface area contributed by atoms with Crippen molar-refractivity contribution in [1.82, 2.24) is 4.98 Å². The molecule has 1 saturated carbocycles. The van der Waals surface area contributed by atoms with Gasteiger partial charge in [0.05, 0.1) is 17.4 Å². The van der Waals surface area contributed by atoms with Crippen LogP contribution in [0.3, 0.4) is 0 Å². The van der Waals surface area contributed by atoms with Crippen LogP contribution < -0.4 is 10.6 Å². The molecule has 0 spiro atoms. The van der Waals surface area contributed by atoms with Gasteiger partial charge in [-0.3, -0.25) is 4.79 Å². The molecule has 1 heterocycles. The smallest absolute Gasteiger partial charge is 0.257 e. The monoisotopic (exact) mass is 373 g/mol. The predicted molar refractivity (Wildman–Crippen MR) is 96.8 cm³/mol. The Morgan fingerprint density at radius 3 is 2.57 bits per heavy atom. The first-order chi connectivity index (χ1) is 11.2. The molecule has 0 unspecified atom stereocenters.